The van der Waals surface area contributed by atoms with Crippen molar-refractivity contribution in [3.63, 3.8) is 0 Å². The molecule has 0 aliphatic carbocycles. The van der Waals surface area contributed by atoms with E-state index in [1.165, 1.54) is 29.7 Å². The van der Waals surface area contributed by atoms with Gasteiger partial charge in [0, 0.05) is 17.5 Å². The van der Waals surface area contributed by atoms with Crippen LogP contribution in [0, 0.1) is 0 Å². The average Bonchev–Trinajstić information content (AvgIpc) is 2.50. The molecule has 1 atom stereocenters. The number of fused-ring (bicyclic) bond motifs is 1. The molecule has 18 heavy (non-hydrogen) atoms. The third kappa shape index (κ3) is 2.62. The zero-order valence-corrected chi connectivity index (χ0v) is 11.3. The van der Waals surface area contributed by atoms with Gasteiger partial charge in [-0.3, -0.25) is 0 Å². The highest BCUT2D eigenvalue weighted by Gasteiger charge is 2.23. The normalized spacial score (nSPS) is 17.3. The van der Waals surface area contributed by atoms with Crippen molar-refractivity contribution in [1.82, 2.24) is 0 Å². The van der Waals surface area contributed by atoms with Crippen LogP contribution in [0.15, 0.2) is 54.6 Å². The lowest BCUT2D eigenvalue weighted by atomic mass is 9.90. The molecule has 1 aliphatic rings. The minimum Gasteiger partial charge on any atom is -0.336 e. The first kappa shape index (κ1) is 12.8. The lowest BCUT2D eigenvalue weighted by molar-refractivity contribution is -0.690. The van der Waals surface area contributed by atoms with Crippen LogP contribution in [-0.4, -0.2) is 6.54 Å². The van der Waals surface area contributed by atoms with Crippen LogP contribution in [0.3, 0.4) is 0 Å². The van der Waals surface area contributed by atoms with E-state index in [-0.39, 0.29) is 0 Å². The summed E-state index contributed by atoms with van der Waals surface area (Å²) < 4.78 is 0. The van der Waals surface area contributed by atoms with Crippen LogP contribution in [0.25, 0.3) is 0 Å². The molecule has 1 heteroatoms. The molecule has 2 N–H and O–H groups in total. The molecule has 0 spiro atoms. The lowest BCUT2D eigenvalue weighted by Crippen LogP contribution is -2.87. The minimum atomic E-state index is 0.492. The summed E-state index contributed by atoms with van der Waals surface area (Å²) in [6.45, 7) is 5.19. The first-order valence-corrected chi connectivity index (χ1v) is 6.91. The lowest BCUT2D eigenvalue weighted by Gasteiger charge is -2.23. The Labute approximate surface area is 110 Å². The maximum atomic E-state index is 2.44. The molecule has 0 bridgehead atoms. The van der Waals surface area contributed by atoms with E-state index in [2.05, 4.69) is 59.9 Å². The van der Waals surface area contributed by atoms with Gasteiger partial charge >= 0.3 is 0 Å². The number of hydrogen-bond acceptors (Lipinski definition) is 0. The SMILES string of the molecule is CC.c1ccc([C@@H]2[NH2+]CCc3ccccc32)cc1. The topological polar surface area (TPSA) is 16.6 Å². The van der Waals surface area contributed by atoms with Crippen molar-refractivity contribution < 1.29 is 5.32 Å². The highest BCUT2D eigenvalue weighted by Crippen LogP contribution is 2.23. The number of hydrogen-bond donors (Lipinski definition) is 1. The molecule has 0 radical (unpaired) electrons. The van der Waals surface area contributed by atoms with E-state index in [0.29, 0.717) is 6.04 Å². The van der Waals surface area contributed by atoms with Gasteiger partial charge in [-0.05, 0) is 5.56 Å². The Kier molecular flexibility index (Phi) is 4.54. The van der Waals surface area contributed by atoms with Crippen LogP contribution in [0.2, 0.25) is 0 Å². The van der Waals surface area contributed by atoms with Crippen LogP contribution in [0.1, 0.15) is 36.6 Å². The molecule has 0 saturated heterocycles. The summed E-state index contributed by atoms with van der Waals surface area (Å²) >= 11 is 0. The smallest absolute Gasteiger partial charge is 0.138 e. The van der Waals surface area contributed by atoms with Gasteiger partial charge in [-0.2, -0.15) is 0 Å². The summed E-state index contributed by atoms with van der Waals surface area (Å²) in [5.74, 6) is 0. The van der Waals surface area contributed by atoms with Gasteiger partial charge in [0.15, 0.2) is 0 Å². The Balaban J connectivity index is 0.000000574. The molecule has 3 rings (SSSR count). The molecule has 1 aliphatic heterocycles. The number of quaternary nitrogens is 1. The van der Waals surface area contributed by atoms with Gasteiger partial charge in [0.25, 0.3) is 0 Å². The number of benzene rings is 2. The zero-order chi connectivity index (χ0) is 12.8. The van der Waals surface area contributed by atoms with E-state index in [1.54, 1.807) is 0 Å². The Morgan fingerprint density at radius 3 is 2.33 bits per heavy atom. The van der Waals surface area contributed by atoms with E-state index >= 15 is 0 Å². The third-order valence-electron chi connectivity index (χ3n) is 3.36. The predicted octanol–water partition coefficient (Wildman–Crippen LogP) is 2.92. The Morgan fingerprint density at radius 2 is 1.56 bits per heavy atom. The summed E-state index contributed by atoms with van der Waals surface area (Å²) in [5, 5.41) is 2.44. The van der Waals surface area contributed by atoms with Gasteiger partial charge in [-0.25, -0.2) is 0 Å². The fraction of sp³-hybridized carbons (Fsp3) is 0.294. The highest BCUT2D eigenvalue weighted by atomic mass is 14.9. The van der Waals surface area contributed by atoms with Crippen LogP contribution < -0.4 is 5.32 Å². The fourth-order valence-corrected chi connectivity index (χ4v) is 2.57. The molecule has 2 aromatic rings. The van der Waals surface area contributed by atoms with Crippen LogP contribution in [0.5, 0.6) is 0 Å². The Morgan fingerprint density at radius 1 is 0.889 bits per heavy atom. The van der Waals surface area contributed by atoms with Crippen molar-refractivity contribution in [2.24, 2.45) is 0 Å². The van der Waals surface area contributed by atoms with E-state index < -0.39 is 0 Å². The summed E-state index contributed by atoms with van der Waals surface area (Å²) in [5.41, 5.74) is 4.41. The summed E-state index contributed by atoms with van der Waals surface area (Å²) in [6.07, 6.45) is 1.19. The van der Waals surface area contributed by atoms with Gasteiger partial charge in [0.2, 0.25) is 0 Å². The van der Waals surface area contributed by atoms with Crippen LogP contribution in [0.4, 0.5) is 0 Å². The number of rotatable bonds is 1. The Bertz CT molecular complexity index is 476. The van der Waals surface area contributed by atoms with Gasteiger partial charge in [0.05, 0.1) is 6.54 Å². The van der Waals surface area contributed by atoms with Crippen molar-refractivity contribution in [3.8, 4) is 0 Å². The first-order chi connectivity index (χ1) is 8.95. The fourth-order valence-electron chi connectivity index (χ4n) is 2.57. The molecular weight excluding hydrogens is 218 g/mol. The van der Waals surface area contributed by atoms with Crippen molar-refractivity contribution in [1.29, 1.82) is 0 Å². The third-order valence-corrected chi connectivity index (χ3v) is 3.36. The monoisotopic (exact) mass is 240 g/mol. The van der Waals surface area contributed by atoms with Crippen molar-refractivity contribution in [2.45, 2.75) is 26.3 Å². The second-order valence-corrected chi connectivity index (χ2v) is 4.36. The summed E-state index contributed by atoms with van der Waals surface area (Å²) in [4.78, 5) is 0. The van der Waals surface area contributed by atoms with E-state index in [4.69, 9.17) is 0 Å². The van der Waals surface area contributed by atoms with E-state index in [1.807, 2.05) is 13.8 Å². The maximum Gasteiger partial charge on any atom is 0.138 e. The van der Waals surface area contributed by atoms with Crippen molar-refractivity contribution in [3.05, 3.63) is 71.3 Å². The Hall–Kier alpha value is -1.60. The molecular formula is C17H22N+. The average molecular weight is 240 g/mol. The van der Waals surface area contributed by atoms with Gasteiger partial charge in [0.1, 0.15) is 6.04 Å². The molecule has 0 unspecified atom stereocenters. The molecule has 2 aromatic carbocycles. The molecule has 94 valence electrons. The van der Waals surface area contributed by atoms with Gasteiger partial charge in [-0.15, -0.1) is 0 Å². The van der Waals surface area contributed by atoms with Crippen LogP contribution in [-0.2, 0) is 6.42 Å². The quantitative estimate of drug-likeness (QED) is 0.789. The second kappa shape index (κ2) is 6.36. The molecule has 1 nitrogen and oxygen atoms in total. The molecule has 0 saturated carbocycles. The molecule has 0 fully saturated rings. The zero-order valence-electron chi connectivity index (χ0n) is 11.3. The molecule has 1 heterocycles. The van der Waals surface area contributed by atoms with Crippen molar-refractivity contribution in [2.75, 3.05) is 6.54 Å². The summed E-state index contributed by atoms with van der Waals surface area (Å²) in [7, 11) is 0. The van der Waals surface area contributed by atoms with E-state index in [0.717, 1.165) is 0 Å². The van der Waals surface area contributed by atoms with Gasteiger partial charge in [-0.1, -0.05) is 68.4 Å². The minimum absolute atomic E-state index is 0.492. The van der Waals surface area contributed by atoms with E-state index in [9.17, 15) is 0 Å². The molecule has 0 amide bonds. The molecule has 0 aromatic heterocycles. The van der Waals surface area contributed by atoms with Crippen LogP contribution >= 0.6 is 0 Å². The first-order valence-electron chi connectivity index (χ1n) is 6.91. The highest BCUT2D eigenvalue weighted by molar-refractivity contribution is 5.36. The maximum absolute atomic E-state index is 2.44. The summed E-state index contributed by atoms with van der Waals surface area (Å²) in [6, 6.07) is 20.1. The largest absolute Gasteiger partial charge is 0.336 e. The predicted molar refractivity (Wildman–Crippen MR) is 76.6 cm³/mol. The van der Waals surface area contributed by atoms with Crippen molar-refractivity contribution >= 4 is 0 Å². The van der Waals surface area contributed by atoms with Gasteiger partial charge < -0.3 is 5.32 Å². The second-order valence-electron chi connectivity index (χ2n) is 4.36. The number of nitrogens with two attached hydrogens (primary N) is 1. The standard InChI is InChI=1S/C15H15N.C2H6/c1-2-7-13(8-3-1)15-14-9-5-4-6-12(14)10-11-16-15;1-2/h1-9,15-16H,10-11H2;1-2H3/p+1/t15-;/m0./s1.